The van der Waals surface area contributed by atoms with Crippen molar-refractivity contribution in [2.45, 2.75) is 0 Å². The summed E-state index contributed by atoms with van der Waals surface area (Å²) in [6, 6.07) is 11.0. The highest BCUT2D eigenvalue weighted by Crippen LogP contribution is 2.22. The molecule has 0 aromatic heterocycles. The van der Waals surface area contributed by atoms with Gasteiger partial charge in [-0.3, -0.25) is 4.79 Å². The molecule has 3 N–H and O–H groups in total. The number of aromatic carboxylic acids is 1. The molecule has 0 aliphatic rings. The van der Waals surface area contributed by atoms with Gasteiger partial charge in [-0.05, 0) is 35.9 Å². The number of carbonyl (C=O) groups is 2. The number of amides is 1. The maximum Gasteiger partial charge on any atom is 0.339 e. The number of carboxylic acids is 1. The van der Waals surface area contributed by atoms with E-state index in [2.05, 4.69) is 5.32 Å². The number of phenols is 1. The zero-order valence-corrected chi connectivity index (χ0v) is 12.3. The molecule has 0 heterocycles. The molecule has 0 unspecified atom stereocenters. The van der Waals surface area contributed by atoms with Crippen molar-refractivity contribution in [3.05, 3.63) is 59.7 Å². The maximum atomic E-state index is 11.8. The van der Waals surface area contributed by atoms with E-state index in [0.29, 0.717) is 5.69 Å². The highest BCUT2D eigenvalue weighted by atomic mass is 16.5. The molecule has 0 fully saturated rings. The molecule has 0 saturated carbocycles. The van der Waals surface area contributed by atoms with Crippen LogP contribution in [0.4, 0.5) is 5.69 Å². The second kappa shape index (κ2) is 7.13. The number of carbonyl (C=O) groups excluding carboxylic acids is 1. The zero-order chi connectivity index (χ0) is 16.8. The Balaban J connectivity index is 2.02. The lowest BCUT2D eigenvalue weighted by atomic mass is 10.2. The van der Waals surface area contributed by atoms with Gasteiger partial charge in [0.15, 0.2) is 0 Å². The van der Waals surface area contributed by atoms with E-state index in [1.54, 1.807) is 37.5 Å². The number of benzene rings is 2. The van der Waals surface area contributed by atoms with Crippen molar-refractivity contribution in [3.63, 3.8) is 0 Å². The lowest BCUT2D eigenvalue weighted by molar-refractivity contribution is -0.111. The average molecular weight is 313 g/mol. The smallest absolute Gasteiger partial charge is 0.339 e. The Morgan fingerprint density at radius 1 is 1.13 bits per heavy atom. The van der Waals surface area contributed by atoms with Crippen LogP contribution in [0, 0.1) is 0 Å². The number of rotatable bonds is 5. The number of hydrogen-bond donors (Lipinski definition) is 3. The third-order valence-corrected chi connectivity index (χ3v) is 3.04. The first kappa shape index (κ1) is 16.1. The molecule has 0 aliphatic carbocycles. The molecule has 0 atom stereocenters. The predicted octanol–water partition coefficient (Wildman–Crippen LogP) is 2.75. The summed E-state index contributed by atoms with van der Waals surface area (Å²) in [5, 5.41) is 20.9. The van der Waals surface area contributed by atoms with Crippen molar-refractivity contribution in [1.82, 2.24) is 0 Å². The third kappa shape index (κ3) is 4.34. The van der Waals surface area contributed by atoms with Crippen LogP contribution < -0.4 is 10.1 Å². The van der Waals surface area contributed by atoms with Gasteiger partial charge in [0.05, 0.1) is 7.11 Å². The molecule has 118 valence electrons. The highest BCUT2D eigenvalue weighted by Gasteiger charge is 2.10. The molecule has 0 radical (unpaired) electrons. The normalized spacial score (nSPS) is 10.5. The van der Waals surface area contributed by atoms with E-state index in [1.165, 1.54) is 24.3 Å². The molecule has 6 heteroatoms. The topological polar surface area (TPSA) is 95.9 Å². The van der Waals surface area contributed by atoms with E-state index in [9.17, 15) is 14.7 Å². The van der Waals surface area contributed by atoms with E-state index < -0.39 is 17.6 Å². The second-order valence-corrected chi connectivity index (χ2v) is 4.63. The molecular weight excluding hydrogens is 298 g/mol. The Labute approximate surface area is 132 Å². The van der Waals surface area contributed by atoms with Crippen molar-refractivity contribution in [1.29, 1.82) is 0 Å². The number of methoxy groups -OCH3 is 1. The van der Waals surface area contributed by atoms with Crippen molar-refractivity contribution < 1.29 is 24.5 Å². The summed E-state index contributed by atoms with van der Waals surface area (Å²) in [7, 11) is 1.57. The Morgan fingerprint density at radius 3 is 2.39 bits per heavy atom. The number of hydrogen-bond acceptors (Lipinski definition) is 4. The van der Waals surface area contributed by atoms with Crippen molar-refractivity contribution >= 4 is 23.6 Å². The van der Waals surface area contributed by atoms with Gasteiger partial charge in [-0.2, -0.15) is 0 Å². The van der Waals surface area contributed by atoms with Crippen LogP contribution in [0.25, 0.3) is 6.08 Å². The molecule has 1 amide bonds. The van der Waals surface area contributed by atoms with Crippen molar-refractivity contribution in [2.24, 2.45) is 0 Å². The fraction of sp³-hybridized carbons (Fsp3) is 0.0588. The Bertz CT molecular complexity index is 750. The SMILES string of the molecule is COc1ccc(/C=C/C(=O)Nc2ccc(C(=O)O)c(O)c2)cc1. The molecule has 0 saturated heterocycles. The van der Waals surface area contributed by atoms with E-state index in [1.807, 2.05) is 0 Å². The van der Waals surface area contributed by atoms with E-state index >= 15 is 0 Å². The van der Waals surface area contributed by atoms with Gasteiger partial charge in [0.2, 0.25) is 5.91 Å². The van der Waals surface area contributed by atoms with Gasteiger partial charge in [0.25, 0.3) is 0 Å². The van der Waals surface area contributed by atoms with Crippen LogP contribution in [0.1, 0.15) is 15.9 Å². The number of anilines is 1. The summed E-state index contributed by atoms with van der Waals surface area (Å²) >= 11 is 0. The van der Waals surface area contributed by atoms with Crippen LogP contribution in [0.5, 0.6) is 11.5 Å². The van der Waals surface area contributed by atoms with Gasteiger partial charge in [-0.1, -0.05) is 12.1 Å². The molecular formula is C17H15NO5. The van der Waals surface area contributed by atoms with Crippen molar-refractivity contribution in [2.75, 3.05) is 12.4 Å². The molecule has 2 aromatic carbocycles. The summed E-state index contributed by atoms with van der Waals surface area (Å²) in [6.07, 6.45) is 2.96. The fourth-order valence-electron chi connectivity index (χ4n) is 1.86. The van der Waals surface area contributed by atoms with Gasteiger partial charge in [0, 0.05) is 17.8 Å². The molecule has 23 heavy (non-hydrogen) atoms. The predicted molar refractivity (Wildman–Crippen MR) is 85.7 cm³/mol. The minimum absolute atomic E-state index is 0.225. The molecule has 0 spiro atoms. The van der Waals surface area contributed by atoms with Gasteiger partial charge in [0.1, 0.15) is 17.1 Å². The van der Waals surface area contributed by atoms with E-state index in [0.717, 1.165) is 11.3 Å². The average Bonchev–Trinajstić information content (AvgIpc) is 2.53. The Hall–Kier alpha value is -3.28. The summed E-state index contributed by atoms with van der Waals surface area (Å²) in [5.41, 5.74) is 0.902. The standard InChI is InChI=1S/C17H15NO5/c1-23-13-6-2-11(3-7-13)4-9-16(20)18-12-5-8-14(17(21)22)15(19)10-12/h2-10,19H,1H3,(H,18,20)(H,21,22)/b9-4+. The van der Waals surface area contributed by atoms with E-state index in [-0.39, 0.29) is 5.56 Å². The monoisotopic (exact) mass is 313 g/mol. The van der Waals surface area contributed by atoms with Crippen LogP contribution in [-0.4, -0.2) is 29.2 Å². The van der Waals surface area contributed by atoms with Crippen LogP contribution >= 0.6 is 0 Å². The van der Waals surface area contributed by atoms with Gasteiger partial charge < -0.3 is 20.3 Å². The number of carboxylic acid groups (broad SMARTS) is 1. The fourth-order valence-corrected chi connectivity index (χ4v) is 1.86. The number of aromatic hydroxyl groups is 1. The largest absolute Gasteiger partial charge is 0.507 e. The first-order valence-electron chi connectivity index (χ1n) is 6.69. The van der Waals surface area contributed by atoms with Crippen LogP contribution in [0.3, 0.4) is 0 Å². The summed E-state index contributed by atoms with van der Waals surface area (Å²) in [6.45, 7) is 0. The van der Waals surface area contributed by atoms with Gasteiger partial charge in [-0.25, -0.2) is 4.79 Å². The minimum Gasteiger partial charge on any atom is -0.507 e. The number of ether oxygens (including phenoxy) is 1. The Kier molecular flexibility index (Phi) is 4.99. The Morgan fingerprint density at radius 2 is 1.83 bits per heavy atom. The second-order valence-electron chi connectivity index (χ2n) is 4.63. The van der Waals surface area contributed by atoms with Crippen LogP contribution in [0.2, 0.25) is 0 Å². The third-order valence-electron chi connectivity index (χ3n) is 3.04. The molecule has 2 aromatic rings. The zero-order valence-electron chi connectivity index (χ0n) is 12.3. The molecule has 6 nitrogen and oxygen atoms in total. The van der Waals surface area contributed by atoms with E-state index in [4.69, 9.17) is 9.84 Å². The lowest BCUT2D eigenvalue weighted by Crippen LogP contribution is -2.08. The summed E-state index contributed by atoms with van der Waals surface area (Å²) in [4.78, 5) is 22.6. The first-order chi connectivity index (χ1) is 11.0. The summed E-state index contributed by atoms with van der Waals surface area (Å²) in [5.74, 6) is -1.32. The molecule has 0 aliphatic heterocycles. The maximum absolute atomic E-state index is 11.8. The lowest BCUT2D eigenvalue weighted by Gasteiger charge is -2.05. The number of nitrogens with one attached hydrogen (secondary N) is 1. The molecule has 2 rings (SSSR count). The van der Waals surface area contributed by atoms with Crippen LogP contribution in [0.15, 0.2) is 48.5 Å². The van der Waals surface area contributed by atoms with Crippen LogP contribution in [-0.2, 0) is 4.79 Å². The van der Waals surface area contributed by atoms with Crippen molar-refractivity contribution in [3.8, 4) is 11.5 Å². The quantitative estimate of drug-likeness (QED) is 0.738. The van der Waals surface area contributed by atoms with Gasteiger partial charge >= 0.3 is 5.97 Å². The van der Waals surface area contributed by atoms with Gasteiger partial charge in [-0.15, -0.1) is 0 Å². The minimum atomic E-state index is -1.24. The highest BCUT2D eigenvalue weighted by molar-refractivity contribution is 6.02. The first-order valence-corrected chi connectivity index (χ1v) is 6.69. The summed E-state index contributed by atoms with van der Waals surface area (Å²) < 4.78 is 5.04. The molecule has 0 bridgehead atoms.